The standard InChI is InChI=1S/C16H16ClNS.C2H6/c1-19-14-6-7-15(16(17)8-14)12-4-2-11(3-5-12)13-9-18-10-13;1-2/h2-8,13,18H,9-10H2,1H3;1-2H3. The fourth-order valence-electron chi connectivity index (χ4n) is 2.32. The van der Waals surface area contributed by atoms with Crippen molar-refractivity contribution in [2.45, 2.75) is 24.7 Å². The molecule has 1 aliphatic heterocycles. The number of nitrogens with one attached hydrogen (secondary N) is 1. The van der Waals surface area contributed by atoms with Crippen molar-refractivity contribution in [3.63, 3.8) is 0 Å². The summed E-state index contributed by atoms with van der Waals surface area (Å²) in [5.41, 5.74) is 3.71. The van der Waals surface area contributed by atoms with E-state index in [0.717, 1.165) is 23.7 Å². The number of halogens is 1. The lowest BCUT2D eigenvalue weighted by Gasteiger charge is -2.27. The molecule has 3 heteroatoms. The van der Waals surface area contributed by atoms with Gasteiger partial charge in [-0.05, 0) is 29.5 Å². The molecule has 1 N–H and O–H groups in total. The van der Waals surface area contributed by atoms with Crippen molar-refractivity contribution in [1.82, 2.24) is 5.32 Å². The summed E-state index contributed by atoms with van der Waals surface area (Å²) in [6, 6.07) is 15.1. The zero-order chi connectivity index (χ0) is 15.2. The highest BCUT2D eigenvalue weighted by atomic mass is 35.5. The lowest BCUT2D eigenvalue weighted by molar-refractivity contribution is 0.448. The Labute approximate surface area is 137 Å². The molecule has 0 aromatic heterocycles. The second-order valence-electron chi connectivity index (χ2n) is 4.82. The molecule has 3 rings (SSSR count). The minimum atomic E-state index is 0.684. The van der Waals surface area contributed by atoms with Crippen molar-refractivity contribution in [2.75, 3.05) is 19.3 Å². The van der Waals surface area contributed by atoms with Gasteiger partial charge in [0.05, 0.1) is 0 Å². The number of rotatable bonds is 3. The molecule has 2 aromatic carbocycles. The quantitative estimate of drug-likeness (QED) is 0.756. The van der Waals surface area contributed by atoms with E-state index in [9.17, 15) is 0 Å². The molecule has 0 aliphatic carbocycles. The Morgan fingerprint density at radius 3 is 2.19 bits per heavy atom. The average Bonchev–Trinajstić information content (AvgIpc) is 2.48. The van der Waals surface area contributed by atoms with Gasteiger partial charge < -0.3 is 5.32 Å². The highest BCUT2D eigenvalue weighted by Gasteiger charge is 2.18. The first-order chi connectivity index (χ1) is 10.3. The van der Waals surface area contributed by atoms with Gasteiger partial charge in [-0.15, -0.1) is 11.8 Å². The molecule has 2 aromatic rings. The number of thioether (sulfide) groups is 1. The summed E-state index contributed by atoms with van der Waals surface area (Å²) >= 11 is 8.07. The minimum absolute atomic E-state index is 0.684. The maximum absolute atomic E-state index is 6.36. The van der Waals surface area contributed by atoms with Gasteiger partial charge in [-0.1, -0.05) is 55.8 Å². The van der Waals surface area contributed by atoms with Crippen LogP contribution in [0.5, 0.6) is 0 Å². The average molecular weight is 320 g/mol. The molecule has 1 saturated heterocycles. The third-order valence-corrected chi connectivity index (χ3v) is 4.69. The summed E-state index contributed by atoms with van der Waals surface area (Å²) in [5, 5.41) is 4.13. The predicted octanol–water partition coefficient (Wildman–Crippen LogP) is 5.44. The largest absolute Gasteiger partial charge is 0.315 e. The Balaban J connectivity index is 0.000000774. The molecule has 0 atom stereocenters. The van der Waals surface area contributed by atoms with Crippen molar-refractivity contribution < 1.29 is 0 Å². The summed E-state index contributed by atoms with van der Waals surface area (Å²) in [7, 11) is 0. The first-order valence-electron chi connectivity index (χ1n) is 7.42. The second kappa shape index (κ2) is 7.88. The van der Waals surface area contributed by atoms with Crippen LogP contribution < -0.4 is 5.32 Å². The van der Waals surface area contributed by atoms with E-state index in [1.54, 1.807) is 11.8 Å². The number of benzene rings is 2. The van der Waals surface area contributed by atoms with Crippen molar-refractivity contribution in [1.29, 1.82) is 0 Å². The van der Waals surface area contributed by atoms with E-state index in [-0.39, 0.29) is 0 Å². The molecule has 0 spiro atoms. The highest BCUT2D eigenvalue weighted by molar-refractivity contribution is 7.98. The fourth-order valence-corrected chi connectivity index (χ4v) is 3.11. The Morgan fingerprint density at radius 2 is 1.71 bits per heavy atom. The summed E-state index contributed by atoms with van der Waals surface area (Å²) in [6.07, 6.45) is 2.06. The predicted molar refractivity (Wildman–Crippen MR) is 95.6 cm³/mol. The Hall–Kier alpha value is -0.960. The SMILES string of the molecule is CC.CSc1ccc(-c2ccc(C3CNC3)cc2)c(Cl)c1. The molecule has 0 unspecified atom stereocenters. The van der Waals surface area contributed by atoms with Crippen molar-refractivity contribution >= 4 is 23.4 Å². The minimum Gasteiger partial charge on any atom is -0.315 e. The van der Waals surface area contributed by atoms with Crippen LogP contribution >= 0.6 is 23.4 Å². The summed E-state index contributed by atoms with van der Waals surface area (Å²) in [4.78, 5) is 1.20. The van der Waals surface area contributed by atoms with Crippen LogP contribution in [0.4, 0.5) is 0 Å². The first kappa shape index (κ1) is 16.4. The molecule has 0 radical (unpaired) electrons. The highest BCUT2D eigenvalue weighted by Crippen LogP contribution is 2.32. The van der Waals surface area contributed by atoms with Gasteiger partial charge >= 0.3 is 0 Å². The first-order valence-corrected chi connectivity index (χ1v) is 9.03. The zero-order valence-electron chi connectivity index (χ0n) is 12.8. The molecule has 21 heavy (non-hydrogen) atoms. The van der Waals surface area contributed by atoms with Crippen LogP contribution in [0.25, 0.3) is 11.1 Å². The Bertz CT molecular complexity index is 576. The van der Waals surface area contributed by atoms with Gasteiger partial charge in [-0.2, -0.15) is 0 Å². The molecule has 1 aliphatic rings. The van der Waals surface area contributed by atoms with E-state index in [2.05, 4.69) is 48.0 Å². The molecule has 1 fully saturated rings. The Morgan fingerprint density at radius 1 is 1.05 bits per heavy atom. The molecule has 1 nitrogen and oxygen atoms in total. The van der Waals surface area contributed by atoms with Crippen LogP contribution in [-0.4, -0.2) is 19.3 Å². The monoisotopic (exact) mass is 319 g/mol. The smallest absolute Gasteiger partial charge is 0.0495 e. The van der Waals surface area contributed by atoms with Crippen LogP contribution in [0, 0.1) is 0 Å². The van der Waals surface area contributed by atoms with E-state index >= 15 is 0 Å². The third-order valence-electron chi connectivity index (χ3n) is 3.65. The molecule has 0 amide bonds. The Kier molecular flexibility index (Phi) is 6.16. The van der Waals surface area contributed by atoms with Gasteiger partial charge in [0.25, 0.3) is 0 Å². The molecule has 1 heterocycles. The van der Waals surface area contributed by atoms with E-state index in [1.807, 2.05) is 19.9 Å². The molecule has 112 valence electrons. The van der Waals surface area contributed by atoms with Gasteiger partial charge in [-0.25, -0.2) is 0 Å². The summed E-state index contributed by atoms with van der Waals surface area (Å²) in [5.74, 6) is 0.684. The van der Waals surface area contributed by atoms with E-state index in [0.29, 0.717) is 5.92 Å². The maximum Gasteiger partial charge on any atom is 0.0495 e. The van der Waals surface area contributed by atoms with Crippen LogP contribution in [0.1, 0.15) is 25.3 Å². The molecule has 0 bridgehead atoms. The topological polar surface area (TPSA) is 12.0 Å². The van der Waals surface area contributed by atoms with Crippen molar-refractivity contribution in [2.24, 2.45) is 0 Å². The van der Waals surface area contributed by atoms with Crippen LogP contribution in [0.15, 0.2) is 47.4 Å². The van der Waals surface area contributed by atoms with E-state index < -0.39 is 0 Å². The van der Waals surface area contributed by atoms with Crippen molar-refractivity contribution in [3.05, 3.63) is 53.1 Å². The van der Waals surface area contributed by atoms with E-state index in [1.165, 1.54) is 16.0 Å². The van der Waals surface area contributed by atoms with E-state index in [4.69, 9.17) is 11.6 Å². The summed E-state index contributed by atoms with van der Waals surface area (Å²) < 4.78 is 0. The molecular weight excluding hydrogens is 298 g/mol. The van der Waals surface area contributed by atoms with Crippen molar-refractivity contribution in [3.8, 4) is 11.1 Å². The third kappa shape index (κ3) is 3.82. The lowest BCUT2D eigenvalue weighted by atomic mass is 9.92. The van der Waals surface area contributed by atoms with Crippen LogP contribution in [-0.2, 0) is 0 Å². The van der Waals surface area contributed by atoms with Crippen LogP contribution in [0.3, 0.4) is 0 Å². The zero-order valence-corrected chi connectivity index (χ0v) is 14.4. The number of hydrogen-bond acceptors (Lipinski definition) is 2. The maximum atomic E-state index is 6.36. The summed E-state index contributed by atoms with van der Waals surface area (Å²) in [6.45, 7) is 6.20. The fraction of sp³-hybridized carbons (Fsp3) is 0.333. The lowest BCUT2D eigenvalue weighted by Crippen LogP contribution is -2.39. The normalized spacial score (nSPS) is 14.1. The van der Waals surface area contributed by atoms with Gasteiger partial charge in [0, 0.05) is 34.5 Å². The molecule has 0 saturated carbocycles. The van der Waals surface area contributed by atoms with Gasteiger partial charge in [0.2, 0.25) is 0 Å². The van der Waals surface area contributed by atoms with Gasteiger partial charge in [0.15, 0.2) is 0 Å². The van der Waals surface area contributed by atoms with Gasteiger partial charge in [0.1, 0.15) is 0 Å². The molecular formula is C18H22ClNS. The number of hydrogen-bond donors (Lipinski definition) is 1. The van der Waals surface area contributed by atoms with Crippen LogP contribution in [0.2, 0.25) is 5.02 Å². The van der Waals surface area contributed by atoms with Gasteiger partial charge in [-0.3, -0.25) is 0 Å². The second-order valence-corrected chi connectivity index (χ2v) is 6.11.